The van der Waals surface area contributed by atoms with Crippen molar-refractivity contribution in [3.8, 4) is 0 Å². The van der Waals surface area contributed by atoms with Gasteiger partial charge in [0.2, 0.25) is 10.0 Å². The first-order valence-electron chi connectivity index (χ1n) is 8.97. The van der Waals surface area contributed by atoms with Gasteiger partial charge in [-0.25, -0.2) is 13.2 Å². The molecule has 0 spiro atoms. The highest BCUT2D eigenvalue weighted by Crippen LogP contribution is 2.18. The Labute approximate surface area is 174 Å². The van der Waals surface area contributed by atoms with Crippen molar-refractivity contribution >= 4 is 34.3 Å². The molecule has 1 saturated heterocycles. The van der Waals surface area contributed by atoms with Crippen LogP contribution in [0.25, 0.3) is 0 Å². The molecule has 0 aromatic heterocycles. The lowest BCUT2D eigenvalue weighted by molar-refractivity contribution is 0.0697. The van der Waals surface area contributed by atoms with Gasteiger partial charge >= 0.3 is 5.97 Å². The third-order valence-electron chi connectivity index (χ3n) is 4.28. The first-order valence-corrected chi connectivity index (χ1v) is 10.4. The fourth-order valence-corrected chi connectivity index (χ4v) is 4.18. The minimum absolute atomic E-state index is 0.104. The standard InChI is InChI=1S/C11H13NO4S.C9H9NO3/c13-9-10-2-1-3-11(8-10)17(14,15)12-4-6-16-7-5-12;1-10-8-3-2-6(5-11)4-7(8)9(12)13/h1-3,8-9H,4-7H2;2-5,10H,1H3,(H,12,13). The summed E-state index contributed by atoms with van der Waals surface area (Å²) in [7, 11) is -1.87. The van der Waals surface area contributed by atoms with Crippen molar-refractivity contribution in [3.05, 3.63) is 59.2 Å². The van der Waals surface area contributed by atoms with Crippen LogP contribution < -0.4 is 5.32 Å². The van der Waals surface area contributed by atoms with E-state index in [0.29, 0.717) is 55.7 Å². The van der Waals surface area contributed by atoms with Crippen LogP contribution in [-0.2, 0) is 14.8 Å². The van der Waals surface area contributed by atoms with Crippen molar-refractivity contribution in [2.45, 2.75) is 4.90 Å². The van der Waals surface area contributed by atoms with Crippen LogP contribution in [0.2, 0.25) is 0 Å². The lowest BCUT2D eigenvalue weighted by atomic mass is 10.1. The third kappa shape index (κ3) is 5.72. The average Bonchev–Trinajstić information content (AvgIpc) is 2.79. The van der Waals surface area contributed by atoms with Gasteiger partial charge in [-0.1, -0.05) is 12.1 Å². The van der Waals surface area contributed by atoms with E-state index in [2.05, 4.69) is 5.32 Å². The monoisotopic (exact) mass is 434 g/mol. The number of hydrogen-bond acceptors (Lipinski definition) is 7. The summed E-state index contributed by atoms with van der Waals surface area (Å²) in [6.45, 7) is 1.53. The van der Waals surface area contributed by atoms with Gasteiger partial charge in [-0.2, -0.15) is 4.31 Å². The van der Waals surface area contributed by atoms with Gasteiger partial charge in [0.15, 0.2) is 0 Å². The number of anilines is 1. The second-order valence-electron chi connectivity index (χ2n) is 6.18. The molecule has 2 N–H and O–H groups in total. The van der Waals surface area contributed by atoms with Crippen LogP contribution in [0.1, 0.15) is 31.1 Å². The highest BCUT2D eigenvalue weighted by atomic mass is 32.2. The number of carboxylic acid groups (broad SMARTS) is 1. The SMILES string of the molecule is CNc1ccc(C=O)cc1C(=O)O.O=Cc1cccc(S(=O)(=O)N2CCOCC2)c1. The van der Waals surface area contributed by atoms with Gasteiger partial charge in [-0.3, -0.25) is 9.59 Å². The maximum absolute atomic E-state index is 12.2. The van der Waals surface area contributed by atoms with Gasteiger partial charge in [0.25, 0.3) is 0 Å². The van der Waals surface area contributed by atoms with E-state index in [1.807, 2.05) is 0 Å². The molecule has 0 saturated carbocycles. The van der Waals surface area contributed by atoms with Crippen LogP contribution in [0.5, 0.6) is 0 Å². The smallest absolute Gasteiger partial charge is 0.337 e. The number of carbonyl (C=O) groups excluding carboxylic acids is 2. The Balaban J connectivity index is 0.000000222. The number of sulfonamides is 1. The predicted molar refractivity (Wildman–Crippen MR) is 110 cm³/mol. The van der Waals surface area contributed by atoms with E-state index in [1.165, 1.54) is 22.5 Å². The highest BCUT2D eigenvalue weighted by molar-refractivity contribution is 7.89. The number of nitrogens with one attached hydrogen (secondary N) is 1. The average molecular weight is 434 g/mol. The maximum atomic E-state index is 12.2. The highest BCUT2D eigenvalue weighted by Gasteiger charge is 2.26. The summed E-state index contributed by atoms with van der Waals surface area (Å²) >= 11 is 0. The number of ether oxygens (including phenoxy) is 1. The van der Waals surface area contributed by atoms with E-state index in [0.717, 1.165) is 0 Å². The summed E-state index contributed by atoms with van der Waals surface area (Å²) in [5.74, 6) is -1.05. The lowest BCUT2D eigenvalue weighted by Crippen LogP contribution is -2.40. The fourth-order valence-electron chi connectivity index (χ4n) is 2.71. The van der Waals surface area contributed by atoms with Crippen LogP contribution >= 0.6 is 0 Å². The predicted octanol–water partition coefficient (Wildman–Crippen LogP) is 1.76. The number of aromatic carboxylic acids is 1. The van der Waals surface area contributed by atoms with Crippen LogP contribution in [-0.4, -0.2) is 69.7 Å². The quantitative estimate of drug-likeness (QED) is 0.658. The van der Waals surface area contributed by atoms with Crippen LogP contribution in [0, 0.1) is 0 Å². The van der Waals surface area contributed by atoms with Crippen molar-refractivity contribution in [2.75, 3.05) is 38.7 Å². The number of aldehydes is 2. The normalized spacial score (nSPS) is 14.2. The van der Waals surface area contributed by atoms with E-state index in [4.69, 9.17) is 9.84 Å². The van der Waals surface area contributed by atoms with Gasteiger partial charge in [0, 0.05) is 37.0 Å². The molecule has 30 heavy (non-hydrogen) atoms. The summed E-state index contributed by atoms with van der Waals surface area (Å²) < 4.78 is 30.9. The Morgan fingerprint density at radius 2 is 1.70 bits per heavy atom. The Morgan fingerprint density at radius 1 is 1.07 bits per heavy atom. The van der Waals surface area contributed by atoms with E-state index in [9.17, 15) is 22.8 Å². The zero-order valence-corrected chi connectivity index (χ0v) is 17.1. The number of carbonyl (C=O) groups is 3. The lowest BCUT2D eigenvalue weighted by Gasteiger charge is -2.26. The van der Waals surface area contributed by atoms with Crippen LogP contribution in [0.15, 0.2) is 47.4 Å². The first-order chi connectivity index (χ1) is 14.3. The van der Waals surface area contributed by atoms with Crippen LogP contribution in [0.4, 0.5) is 5.69 Å². The summed E-state index contributed by atoms with van der Waals surface area (Å²) in [6.07, 6.45) is 1.25. The number of rotatable bonds is 6. The zero-order valence-electron chi connectivity index (χ0n) is 16.3. The number of hydrogen-bond donors (Lipinski definition) is 2. The Kier molecular flexibility index (Phi) is 8.22. The molecule has 0 amide bonds. The molecule has 2 aromatic carbocycles. The number of carboxylic acids is 1. The molecule has 2 aromatic rings. The largest absolute Gasteiger partial charge is 0.478 e. The van der Waals surface area contributed by atoms with Crippen molar-refractivity contribution in [1.29, 1.82) is 0 Å². The van der Waals surface area contributed by atoms with Gasteiger partial charge in [-0.05, 0) is 30.3 Å². The molecule has 0 bridgehead atoms. The van der Waals surface area contributed by atoms with Crippen molar-refractivity contribution in [2.24, 2.45) is 0 Å². The summed E-state index contributed by atoms with van der Waals surface area (Å²) in [5, 5.41) is 11.5. The zero-order chi connectivity index (χ0) is 22.1. The third-order valence-corrected chi connectivity index (χ3v) is 6.18. The van der Waals surface area contributed by atoms with Crippen molar-refractivity contribution in [3.63, 3.8) is 0 Å². The Bertz CT molecular complexity index is 1020. The molecule has 0 atom stereocenters. The van der Waals surface area contributed by atoms with Crippen LogP contribution in [0.3, 0.4) is 0 Å². The van der Waals surface area contributed by atoms with E-state index in [-0.39, 0.29) is 10.5 Å². The summed E-state index contributed by atoms with van der Waals surface area (Å²) in [5.41, 5.74) is 1.32. The topological polar surface area (TPSA) is 130 Å². The molecule has 1 aliphatic rings. The number of morpholine rings is 1. The molecule has 0 aliphatic carbocycles. The molecule has 0 radical (unpaired) electrons. The minimum atomic E-state index is -3.50. The minimum Gasteiger partial charge on any atom is -0.478 e. The summed E-state index contributed by atoms with van der Waals surface area (Å²) in [4.78, 5) is 31.9. The number of benzene rings is 2. The van der Waals surface area contributed by atoms with E-state index >= 15 is 0 Å². The molecule has 160 valence electrons. The molecule has 9 nitrogen and oxygen atoms in total. The molecule has 1 fully saturated rings. The van der Waals surface area contributed by atoms with Crippen molar-refractivity contribution < 1.29 is 32.6 Å². The molecule has 1 heterocycles. The van der Waals surface area contributed by atoms with E-state index in [1.54, 1.807) is 31.3 Å². The molecule has 10 heteroatoms. The molecular formula is C20H22N2O7S. The molecule has 0 unspecified atom stereocenters. The second-order valence-corrected chi connectivity index (χ2v) is 8.12. The van der Waals surface area contributed by atoms with Gasteiger partial charge in [0.05, 0.1) is 23.7 Å². The molecular weight excluding hydrogens is 412 g/mol. The maximum Gasteiger partial charge on any atom is 0.337 e. The molecule has 1 aliphatic heterocycles. The van der Waals surface area contributed by atoms with Gasteiger partial charge in [-0.15, -0.1) is 0 Å². The van der Waals surface area contributed by atoms with Crippen molar-refractivity contribution in [1.82, 2.24) is 4.31 Å². The van der Waals surface area contributed by atoms with Gasteiger partial charge in [0.1, 0.15) is 12.6 Å². The van der Waals surface area contributed by atoms with Gasteiger partial charge < -0.3 is 15.2 Å². The fraction of sp³-hybridized carbons (Fsp3) is 0.250. The Hall–Kier alpha value is -3.08. The molecule has 3 rings (SSSR count). The number of nitrogens with zero attached hydrogens (tertiary/aromatic N) is 1. The first kappa shape index (κ1) is 23.2. The summed E-state index contributed by atoms with van der Waals surface area (Å²) in [6, 6.07) is 10.5. The second kappa shape index (κ2) is 10.6. The van der Waals surface area contributed by atoms with E-state index < -0.39 is 16.0 Å². The Morgan fingerprint density at radius 3 is 2.27 bits per heavy atom.